The lowest BCUT2D eigenvalue weighted by Crippen LogP contribution is -2.37. The Balaban J connectivity index is 1.79. The van der Waals surface area contributed by atoms with Gasteiger partial charge in [-0.25, -0.2) is 14.3 Å². The van der Waals surface area contributed by atoms with E-state index in [1.165, 1.54) is 25.0 Å². The largest absolute Gasteiger partial charge is 0.466 e. The number of nitro groups is 1. The van der Waals surface area contributed by atoms with Gasteiger partial charge in [0.1, 0.15) is 16.9 Å². The Labute approximate surface area is 224 Å². The molecule has 4 rings (SSSR count). The zero-order valence-corrected chi connectivity index (χ0v) is 21.8. The quantitative estimate of drug-likeness (QED) is 0.180. The molecule has 0 spiro atoms. The highest BCUT2D eigenvalue weighted by molar-refractivity contribution is 6.07. The van der Waals surface area contributed by atoms with Crippen molar-refractivity contribution in [3.05, 3.63) is 69.9 Å². The average Bonchev–Trinajstić information content (AvgIpc) is 3.37. The average molecular weight is 537 g/mol. The number of ether oxygens (including phenoxy) is 3. The van der Waals surface area contributed by atoms with Crippen molar-refractivity contribution >= 4 is 29.3 Å². The minimum atomic E-state index is -0.847. The summed E-state index contributed by atoms with van der Waals surface area (Å²) in [5.74, 6) is -2.18. The number of nitro benzene ring substituents is 1. The van der Waals surface area contributed by atoms with Crippen LogP contribution in [0, 0.1) is 16.0 Å². The van der Waals surface area contributed by atoms with Gasteiger partial charge in [-0.05, 0) is 38.0 Å². The Hall–Kier alpha value is -4.74. The molecule has 0 atom stereocenters. The van der Waals surface area contributed by atoms with Crippen LogP contribution in [0.15, 0.2) is 48.5 Å². The van der Waals surface area contributed by atoms with Crippen LogP contribution >= 0.6 is 0 Å². The van der Waals surface area contributed by atoms with Gasteiger partial charge in [0.15, 0.2) is 5.69 Å². The minimum Gasteiger partial charge on any atom is -0.466 e. The molecule has 12 nitrogen and oxygen atoms in total. The molecule has 1 fully saturated rings. The lowest BCUT2D eigenvalue weighted by molar-refractivity contribution is -0.384. The third-order valence-electron chi connectivity index (χ3n) is 6.56. The monoisotopic (exact) mass is 536 g/mol. The summed E-state index contributed by atoms with van der Waals surface area (Å²) in [5, 5.41) is 16.6. The Bertz CT molecular complexity index is 1390. The minimum absolute atomic E-state index is 0.0294. The van der Waals surface area contributed by atoms with Crippen molar-refractivity contribution < 1.29 is 33.5 Å². The van der Waals surface area contributed by atoms with Gasteiger partial charge in [0.05, 0.1) is 37.4 Å². The number of benzene rings is 2. The number of anilines is 1. The topological polar surface area (TPSA) is 143 Å². The van der Waals surface area contributed by atoms with Crippen LogP contribution in [0.3, 0.4) is 0 Å². The number of carbonyl (C=O) groups excluding carboxylic acids is 3. The maximum atomic E-state index is 12.9. The highest BCUT2D eigenvalue weighted by atomic mass is 16.6. The van der Waals surface area contributed by atoms with Crippen LogP contribution in [0.25, 0.3) is 16.9 Å². The van der Waals surface area contributed by atoms with Gasteiger partial charge in [0.25, 0.3) is 5.69 Å². The lowest BCUT2D eigenvalue weighted by atomic mass is 9.96. The molecule has 0 N–H and O–H groups in total. The number of aromatic nitrogens is 2. The Morgan fingerprint density at radius 2 is 1.69 bits per heavy atom. The van der Waals surface area contributed by atoms with Crippen molar-refractivity contribution in [3.8, 4) is 16.9 Å². The van der Waals surface area contributed by atoms with E-state index < -0.39 is 16.9 Å². The molecular weight excluding hydrogens is 508 g/mol. The maximum absolute atomic E-state index is 12.9. The van der Waals surface area contributed by atoms with Crippen molar-refractivity contribution in [2.45, 2.75) is 19.8 Å². The lowest BCUT2D eigenvalue weighted by Gasteiger charge is -2.32. The van der Waals surface area contributed by atoms with Gasteiger partial charge in [-0.2, -0.15) is 5.10 Å². The Morgan fingerprint density at radius 1 is 1.03 bits per heavy atom. The van der Waals surface area contributed by atoms with Gasteiger partial charge >= 0.3 is 17.9 Å². The van der Waals surface area contributed by atoms with E-state index in [2.05, 4.69) is 5.10 Å². The molecule has 1 aliphatic heterocycles. The van der Waals surface area contributed by atoms with Gasteiger partial charge in [-0.1, -0.05) is 24.3 Å². The number of carbonyl (C=O) groups is 3. The third kappa shape index (κ3) is 5.44. The molecule has 1 aliphatic rings. The molecule has 204 valence electrons. The van der Waals surface area contributed by atoms with E-state index in [4.69, 9.17) is 14.2 Å². The molecule has 0 saturated carbocycles. The third-order valence-corrected chi connectivity index (χ3v) is 6.56. The summed E-state index contributed by atoms with van der Waals surface area (Å²) in [7, 11) is 2.34. The Morgan fingerprint density at radius 3 is 2.28 bits per heavy atom. The van der Waals surface area contributed by atoms with Crippen LogP contribution in [-0.4, -0.2) is 66.5 Å². The van der Waals surface area contributed by atoms with Crippen molar-refractivity contribution in [2.75, 3.05) is 38.8 Å². The van der Waals surface area contributed by atoms with Gasteiger partial charge < -0.3 is 19.1 Å². The molecule has 1 aromatic heterocycles. The molecule has 12 heteroatoms. The van der Waals surface area contributed by atoms with Crippen LogP contribution in [0.2, 0.25) is 0 Å². The van der Waals surface area contributed by atoms with Gasteiger partial charge in [-0.3, -0.25) is 14.9 Å². The predicted molar refractivity (Wildman–Crippen MR) is 140 cm³/mol. The smallest absolute Gasteiger partial charge is 0.357 e. The summed E-state index contributed by atoms with van der Waals surface area (Å²) in [6, 6.07) is 13.1. The van der Waals surface area contributed by atoms with Crippen LogP contribution in [0.5, 0.6) is 0 Å². The van der Waals surface area contributed by atoms with E-state index >= 15 is 0 Å². The summed E-state index contributed by atoms with van der Waals surface area (Å²) in [6.07, 6.45) is 1.02. The molecule has 3 aromatic rings. The standard InChI is InChI=1S/C27H28N4O8/c1-4-39-25(32)17-12-14-29(15-13-17)20-11-10-18(16-21(20)31(35)36)23-22(26(33)37-2)24(27(34)38-3)30(28-23)19-8-6-5-7-9-19/h5-11,16-17H,4,12-15H2,1-3H3. The van der Waals surface area contributed by atoms with E-state index in [0.717, 1.165) is 0 Å². The van der Waals surface area contributed by atoms with Crippen molar-refractivity contribution in [1.82, 2.24) is 9.78 Å². The van der Waals surface area contributed by atoms with E-state index in [-0.39, 0.29) is 40.1 Å². The molecule has 39 heavy (non-hydrogen) atoms. The first-order valence-electron chi connectivity index (χ1n) is 12.4. The fourth-order valence-corrected chi connectivity index (χ4v) is 4.66. The molecule has 0 amide bonds. The molecule has 1 saturated heterocycles. The molecule has 0 bridgehead atoms. The van der Waals surface area contributed by atoms with Crippen LogP contribution in [0.4, 0.5) is 11.4 Å². The van der Waals surface area contributed by atoms with Crippen molar-refractivity contribution in [3.63, 3.8) is 0 Å². The number of hydrogen-bond acceptors (Lipinski definition) is 10. The summed E-state index contributed by atoms with van der Waals surface area (Å²) in [5.41, 5.74) is 0.579. The van der Waals surface area contributed by atoms with Crippen molar-refractivity contribution in [2.24, 2.45) is 5.92 Å². The number of rotatable bonds is 8. The van der Waals surface area contributed by atoms with Gasteiger partial charge in [0, 0.05) is 24.7 Å². The number of nitrogens with zero attached hydrogens (tertiary/aromatic N) is 4. The number of para-hydroxylation sites is 1. The number of hydrogen-bond donors (Lipinski definition) is 0. The number of piperidine rings is 1. The summed E-state index contributed by atoms with van der Waals surface area (Å²) in [4.78, 5) is 51.3. The SMILES string of the molecule is CCOC(=O)C1CCN(c2ccc(-c3nn(-c4ccccc4)c(C(=O)OC)c3C(=O)OC)cc2[N+](=O)[O-])CC1. The van der Waals surface area contributed by atoms with Gasteiger partial charge in [0.2, 0.25) is 0 Å². The Kier molecular flexibility index (Phi) is 8.23. The van der Waals surface area contributed by atoms with Crippen LogP contribution in [-0.2, 0) is 19.0 Å². The molecule has 0 radical (unpaired) electrons. The van der Waals surface area contributed by atoms with Crippen LogP contribution in [0.1, 0.15) is 40.6 Å². The second-order valence-electron chi connectivity index (χ2n) is 8.78. The highest BCUT2D eigenvalue weighted by Crippen LogP contribution is 2.37. The van der Waals surface area contributed by atoms with Crippen molar-refractivity contribution in [1.29, 1.82) is 0 Å². The second kappa shape index (κ2) is 11.8. The zero-order chi connectivity index (χ0) is 28.1. The highest BCUT2D eigenvalue weighted by Gasteiger charge is 2.33. The molecule has 2 aromatic carbocycles. The summed E-state index contributed by atoms with van der Waals surface area (Å²) in [6.45, 7) is 2.93. The van der Waals surface area contributed by atoms with Crippen LogP contribution < -0.4 is 4.90 Å². The summed E-state index contributed by atoms with van der Waals surface area (Å²) < 4.78 is 16.2. The first kappa shape index (κ1) is 27.3. The van der Waals surface area contributed by atoms with Gasteiger partial charge in [-0.15, -0.1) is 0 Å². The molecular formula is C27H28N4O8. The normalized spacial score (nSPS) is 13.6. The van der Waals surface area contributed by atoms with E-state index in [9.17, 15) is 24.5 Å². The first-order valence-corrected chi connectivity index (χ1v) is 12.4. The maximum Gasteiger partial charge on any atom is 0.357 e. The molecule has 0 aliphatic carbocycles. The van der Waals surface area contributed by atoms with E-state index in [1.807, 2.05) is 4.90 Å². The second-order valence-corrected chi connectivity index (χ2v) is 8.78. The van der Waals surface area contributed by atoms with E-state index in [0.29, 0.717) is 43.9 Å². The first-order chi connectivity index (χ1) is 18.8. The summed E-state index contributed by atoms with van der Waals surface area (Å²) >= 11 is 0. The number of esters is 3. The fraction of sp³-hybridized carbons (Fsp3) is 0.333. The molecule has 0 unspecified atom stereocenters. The predicted octanol–water partition coefficient (Wildman–Crippen LogP) is 3.80. The number of methoxy groups -OCH3 is 2. The molecule has 2 heterocycles. The zero-order valence-electron chi connectivity index (χ0n) is 21.8. The van der Waals surface area contributed by atoms with E-state index in [1.54, 1.807) is 49.4 Å². The fourth-order valence-electron chi connectivity index (χ4n) is 4.66.